The van der Waals surface area contributed by atoms with E-state index in [9.17, 15) is 14.7 Å². The molecule has 6 nitrogen and oxygen atoms in total. The molecule has 4 rings (SSSR count). The summed E-state index contributed by atoms with van der Waals surface area (Å²) >= 11 is 0. The molecular formula is C32H49NO5. The second-order valence-corrected chi connectivity index (χ2v) is 14.0. The molecule has 0 aromatic heterocycles. The SMILES string of the molecule is CC(C)CC(c1ccc(O)cc1)C(C)(C)NCC(C)CC(C)(C(=O)OC1C2CC3C(=O)OC1C3C2)C(C)C. The molecule has 1 saturated heterocycles. The van der Waals surface area contributed by atoms with E-state index in [1.165, 1.54) is 5.56 Å². The van der Waals surface area contributed by atoms with Gasteiger partial charge in [0, 0.05) is 23.3 Å². The van der Waals surface area contributed by atoms with E-state index in [0.29, 0.717) is 12.3 Å². The maximum Gasteiger partial charge on any atom is 0.312 e. The highest BCUT2D eigenvalue weighted by molar-refractivity contribution is 5.79. The highest BCUT2D eigenvalue weighted by atomic mass is 16.6. The van der Waals surface area contributed by atoms with Gasteiger partial charge < -0.3 is 19.9 Å². The summed E-state index contributed by atoms with van der Waals surface area (Å²) in [6, 6.07) is 7.59. The van der Waals surface area contributed by atoms with Crippen LogP contribution in [0.5, 0.6) is 5.75 Å². The summed E-state index contributed by atoms with van der Waals surface area (Å²) in [6.07, 6.45) is 2.95. The zero-order valence-electron chi connectivity index (χ0n) is 24.6. The number of fused-ring (bicyclic) bond motifs is 1. The lowest BCUT2D eigenvalue weighted by Crippen LogP contribution is -2.48. The van der Waals surface area contributed by atoms with Crippen molar-refractivity contribution in [3.8, 4) is 5.75 Å². The van der Waals surface area contributed by atoms with Crippen LogP contribution in [0.4, 0.5) is 0 Å². The normalized spacial score (nSPS) is 29.4. The number of ether oxygens (including phenoxy) is 2. The minimum atomic E-state index is -0.622. The zero-order valence-corrected chi connectivity index (χ0v) is 24.6. The van der Waals surface area contributed by atoms with Gasteiger partial charge in [0.25, 0.3) is 0 Å². The van der Waals surface area contributed by atoms with Crippen LogP contribution in [-0.4, -0.2) is 41.3 Å². The van der Waals surface area contributed by atoms with Crippen LogP contribution >= 0.6 is 0 Å². The fourth-order valence-corrected chi connectivity index (χ4v) is 7.26. The Morgan fingerprint density at radius 1 is 1.11 bits per heavy atom. The molecule has 2 N–H and O–H groups in total. The van der Waals surface area contributed by atoms with E-state index in [4.69, 9.17) is 9.47 Å². The zero-order chi connectivity index (χ0) is 28.0. The van der Waals surface area contributed by atoms with Crippen molar-refractivity contribution >= 4 is 11.9 Å². The van der Waals surface area contributed by atoms with Gasteiger partial charge in [-0.2, -0.15) is 0 Å². The Bertz CT molecular complexity index is 1000. The third kappa shape index (κ3) is 5.61. The monoisotopic (exact) mass is 527 g/mol. The third-order valence-corrected chi connectivity index (χ3v) is 9.95. The number of aromatic hydroxyl groups is 1. The second kappa shape index (κ2) is 10.8. The van der Waals surface area contributed by atoms with Gasteiger partial charge in [-0.25, -0.2) is 0 Å². The van der Waals surface area contributed by atoms with Gasteiger partial charge in [0.15, 0.2) is 0 Å². The van der Waals surface area contributed by atoms with Gasteiger partial charge in [0.05, 0.1) is 11.3 Å². The first-order chi connectivity index (χ1) is 17.7. The number of carbonyl (C=O) groups is 2. The van der Waals surface area contributed by atoms with Gasteiger partial charge in [-0.15, -0.1) is 0 Å². The number of benzene rings is 1. The average molecular weight is 528 g/mol. The van der Waals surface area contributed by atoms with Crippen molar-refractivity contribution in [2.24, 2.45) is 40.9 Å². The quantitative estimate of drug-likeness (QED) is 0.321. The number of hydrogen-bond donors (Lipinski definition) is 2. The minimum absolute atomic E-state index is 0.0204. The Hall–Kier alpha value is -2.08. The van der Waals surface area contributed by atoms with Crippen molar-refractivity contribution in [3.05, 3.63) is 29.8 Å². The molecule has 3 aliphatic rings. The van der Waals surface area contributed by atoms with E-state index in [2.05, 4.69) is 53.8 Å². The Balaban J connectivity index is 1.39. The topological polar surface area (TPSA) is 84.9 Å². The van der Waals surface area contributed by atoms with Gasteiger partial charge in [-0.1, -0.05) is 46.8 Å². The predicted octanol–water partition coefficient (Wildman–Crippen LogP) is 6.07. The van der Waals surface area contributed by atoms with E-state index in [-0.39, 0.29) is 70.9 Å². The van der Waals surface area contributed by atoms with Crippen LogP contribution in [0.15, 0.2) is 24.3 Å². The van der Waals surface area contributed by atoms with Crippen molar-refractivity contribution < 1.29 is 24.2 Å². The lowest BCUT2D eigenvalue weighted by molar-refractivity contribution is -0.174. The average Bonchev–Trinajstić information content (AvgIpc) is 3.47. The number of hydrogen-bond acceptors (Lipinski definition) is 6. The molecule has 2 bridgehead atoms. The summed E-state index contributed by atoms with van der Waals surface area (Å²) < 4.78 is 11.8. The molecule has 0 amide bonds. The van der Waals surface area contributed by atoms with Crippen molar-refractivity contribution in [1.82, 2.24) is 5.32 Å². The van der Waals surface area contributed by atoms with Gasteiger partial charge in [-0.05, 0) is 88.4 Å². The molecule has 1 aliphatic heterocycles. The molecular weight excluding hydrogens is 478 g/mol. The van der Waals surface area contributed by atoms with Crippen molar-refractivity contribution in [2.75, 3.05) is 6.54 Å². The summed E-state index contributed by atoms with van der Waals surface area (Å²) in [5.74, 6) is 1.72. The first-order valence-corrected chi connectivity index (χ1v) is 14.7. The molecule has 38 heavy (non-hydrogen) atoms. The molecule has 6 heteroatoms. The van der Waals surface area contributed by atoms with Crippen LogP contribution in [0, 0.1) is 40.9 Å². The van der Waals surface area contributed by atoms with Crippen LogP contribution in [0.2, 0.25) is 0 Å². The summed E-state index contributed by atoms with van der Waals surface area (Å²) in [5.41, 5.74) is 0.428. The standard InChI is InChI=1S/C32H49NO5/c1-18(2)13-26(21-9-11-23(34)12-10-21)31(6,7)33-17-20(5)16-32(8,19(3)4)30(36)38-27-22-14-24-25(15-22)29(35)37-28(24)27/h9-12,18-20,22,24-28,33-34H,13-17H2,1-8H3. The third-order valence-electron chi connectivity index (χ3n) is 9.95. The van der Waals surface area contributed by atoms with Crippen LogP contribution in [-0.2, 0) is 19.1 Å². The molecule has 2 saturated carbocycles. The maximum atomic E-state index is 13.7. The van der Waals surface area contributed by atoms with Crippen LogP contribution in [0.1, 0.15) is 92.6 Å². The van der Waals surface area contributed by atoms with Gasteiger partial charge >= 0.3 is 11.9 Å². The summed E-state index contributed by atoms with van der Waals surface area (Å²) in [5, 5.41) is 13.6. The first kappa shape index (κ1) is 28.9. The highest BCUT2D eigenvalue weighted by Gasteiger charge is 2.63. The van der Waals surface area contributed by atoms with E-state index in [1.54, 1.807) is 12.1 Å². The van der Waals surface area contributed by atoms with Gasteiger partial charge in [-0.3, -0.25) is 9.59 Å². The van der Waals surface area contributed by atoms with E-state index in [0.717, 1.165) is 25.8 Å². The molecule has 212 valence electrons. The van der Waals surface area contributed by atoms with Crippen LogP contribution in [0.25, 0.3) is 0 Å². The highest BCUT2D eigenvalue weighted by Crippen LogP contribution is 2.56. The second-order valence-electron chi connectivity index (χ2n) is 14.0. The maximum absolute atomic E-state index is 13.7. The number of rotatable bonds is 12. The molecule has 1 aromatic rings. The molecule has 0 spiro atoms. The molecule has 1 aromatic carbocycles. The van der Waals surface area contributed by atoms with E-state index in [1.807, 2.05) is 19.1 Å². The van der Waals surface area contributed by atoms with Gasteiger partial charge in [0.2, 0.25) is 0 Å². The number of carbonyl (C=O) groups excluding carboxylic acids is 2. The minimum Gasteiger partial charge on any atom is -0.508 e. The number of phenols is 1. The molecule has 1 heterocycles. The summed E-state index contributed by atoms with van der Waals surface area (Å²) in [4.78, 5) is 25.8. The molecule has 3 fully saturated rings. The van der Waals surface area contributed by atoms with Crippen molar-refractivity contribution in [1.29, 1.82) is 0 Å². The fraction of sp³-hybridized carbons (Fsp3) is 0.750. The van der Waals surface area contributed by atoms with Crippen LogP contribution in [0.3, 0.4) is 0 Å². The number of esters is 2. The predicted molar refractivity (Wildman–Crippen MR) is 149 cm³/mol. The molecule has 0 radical (unpaired) electrons. The molecule has 8 unspecified atom stereocenters. The largest absolute Gasteiger partial charge is 0.508 e. The Morgan fingerprint density at radius 3 is 2.37 bits per heavy atom. The molecule has 8 atom stereocenters. The smallest absolute Gasteiger partial charge is 0.312 e. The van der Waals surface area contributed by atoms with Crippen LogP contribution < -0.4 is 5.32 Å². The number of nitrogens with one attached hydrogen (secondary N) is 1. The van der Waals surface area contributed by atoms with Crippen molar-refractivity contribution in [2.45, 2.75) is 105 Å². The number of phenolic OH excluding ortho intramolecular Hbond substituents is 1. The van der Waals surface area contributed by atoms with Gasteiger partial charge in [0.1, 0.15) is 18.0 Å². The molecule has 2 aliphatic carbocycles. The summed E-state index contributed by atoms with van der Waals surface area (Å²) in [6.45, 7) is 18.2. The van der Waals surface area contributed by atoms with Crippen molar-refractivity contribution in [3.63, 3.8) is 0 Å². The fourth-order valence-electron chi connectivity index (χ4n) is 7.26. The lowest BCUT2D eigenvalue weighted by atomic mass is 9.72. The Kier molecular flexibility index (Phi) is 8.24. The lowest BCUT2D eigenvalue weighted by Gasteiger charge is -2.40. The van der Waals surface area contributed by atoms with E-state index >= 15 is 0 Å². The summed E-state index contributed by atoms with van der Waals surface area (Å²) in [7, 11) is 0. The van der Waals surface area contributed by atoms with E-state index < -0.39 is 5.41 Å². The Morgan fingerprint density at radius 2 is 1.76 bits per heavy atom. The Labute approximate surface area is 229 Å². The first-order valence-electron chi connectivity index (χ1n) is 14.7.